The van der Waals surface area contributed by atoms with Gasteiger partial charge in [0.25, 0.3) is 0 Å². The molecule has 0 aliphatic heterocycles. The molecule has 60 valence electrons. The van der Waals surface area contributed by atoms with E-state index in [1.165, 1.54) is 0 Å². The van der Waals surface area contributed by atoms with Gasteiger partial charge in [-0.1, -0.05) is 18.2 Å². The minimum absolute atomic E-state index is 0.279. The molecule has 11 heavy (non-hydrogen) atoms. The van der Waals surface area contributed by atoms with E-state index >= 15 is 0 Å². The molecule has 2 N–H and O–H groups in total. The molecule has 3 heteroatoms. The van der Waals surface area contributed by atoms with Gasteiger partial charge in [0.15, 0.2) is 5.69 Å². The summed E-state index contributed by atoms with van der Waals surface area (Å²) in [6, 6.07) is 9.68. The lowest BCUT2D eigenvalue weighted by Gasteiger charge is -2.26. The van der Waals surface area contributed by atoms with Crippen molar-refractivity contribution < 1.29 is 5.59 Å². The molecule has 0 aliphatic rings. The van der Waals surface area contributed by atoms with Gasteiger partial charge < -0.3 is 5.21 Å². The largest absolute Gasteiger partial charge is 0.585 e. The molecular formula is C8H13N2O+. The van der Waals surface area contributed by atoms with Crippen LogP contribution in [0.4, 0.5) is 5.69 Å². The minimum Gasteiger partial charge on any atom is -0.585 e. The van der Waals surface area contributed by atoms with Gasteiger partial charge in [-0.2, -0.15) is 0 Å². The zero-order valence-electron chi connectivity index (χ0n) is 6.82. The first-order chi connectivity index (χ1) is 5.17. The van der Waals surface area contributed by atoms with Crippen LogP contribution in [-0.4, -0.2) is 14.1 Å². The average Bonchev–Trinajstić information content (AvgIpc) is 2.06. The maximum Gasteiger partial charge on any atom is 0.180 e. The van der Waals surface area contributed by atoms with E-state index in [-0.39, 0.29) is 4.59 Å². The summed E-state index contributed by atoms with van der Waals surface area (Å²) in [5.41, 5.74) is 1.91. The molecule has 0 saturated heterocycles. The van der Waals surface area contributed by atoms with Gasteiger partial charge in [-0.05, 0) is 0 Å². The Morgan fingerprint density at radius 2 is 1.73 bits per heavy atom. The number of hydrogen-bond donors (Lipinski definition) is 1. The highest BCUT2D eigenvalue weighted by atomic mass is 16.5. The van der Waals surface area contributed by atoms with Crippen LogP contribution in [0.2, 0.25) is 0 Å². The molecule has 1 aromatic carbocycles. The van der Waals surface area contributed by atoms with Gasteiger partial charge in [0.05, 0.1) is 0 Å². The quantitative estimate of drug-likeness (QED) is 0.369. The topological polar surface area (TPSA) is 39.7 Å². The predicted octanol–water partition coefficient (Wildman–Crippen LogP) is 0.230. The zero-order valence-corrected chi connectivity index (χ0v) is 6.82. The zero-order chi connectivity index (χ0) is 8.32. The van der Waals surface area contributed by atoms with Crippen molar-refractivity contribution in [1.82, 2.24) is 4.59 Å². The maximum absolute atomic E-state index is 10.6. The summed E-state index contributed by atoms with van der Waals surface area (Å²) in [5.74, 6) is 0. The lowest BCUT2D eigenvalue weighted by atomic mass is 10.3. The molecule has 0 atom stereocenters. The number of nitrogens with zero attached hydrogens (tertiary/aromatic N) is 1. The molecule has 0 amide bonds. The van der Waals surface area contributed by atoms with E-state index in [9.17, 15) is 5.21 Å². The molecule has 0 saturated carbocycles. The summed E-state index contributed by atoms with van der Waals surface area (Å²) in [4.78, 5) is 0. The Labute approximate surface area is 66.4 Å². The summed E-state index contributed by atoms with van der Waals surface area (Å²) in [6.07, 6.45) is 0. The molecule has 0 heterocycles. The van der Waals surface area contributed by atoms with E-state index in [0.717, 1.165) is 11.3 Å². The Hall–Kier alpha value is -0.900. The lowest BCUT2D eigenvalue weighted by molar-refractivity contribution is -0.728. The highest BCUT2D eigenvalue weighted by molar-refractivity contribution is 5.38. The van der Waals surface area contributed by atoms with Crippen molar-refractivity contribution in [3.8, 4) is 0 Å². The van der Waals surface area contributed by atoms with Crippen LogP contribution in [0.3, 0.4) is 0 Å². The van der Waals surface area contributed by atoms with Crippen molar-refractivity contribution in [2.45, 2.75) is 0 Å². The Morgan fingerprint density at radius 1 is 1.18 bits per heavy atom. The van der Waals surface area contributed by atoms with Crippen molar-refractivity contribution >= 4 is 5.69 Å². The van der Waals surface area contributed by atoms with Crippen LogP contribution >= 0.6 is 0 Å². The van der Waals surface area contributed by atoms with Gasteiger partial charge in [0.1, 0.15) is 14.1 Å². The fourth-order valence-electron chi connectivity index (χ4n) is 0.873. The van der Waals surface area contributed by atoms with E-state index in [1.807, 2.05) is 44.4 Å². The van der Waals surface area contributed by atoms with E-state index in [1.54, 1.807) is 0 Å². The van der Waals surface area contributed by atoms with E-state index < -0.39 is 0 Å². The van der Waals surface area contributed by atoms with Gasteiger partial charge in [0.2, 0.25) is 0 Å². The predicted molar refractivity (Wildman–Crippen MR) is 45.4 cm³/mol. The summed E-state index contributed by atoms with van der Waals surface area (Å²) < 4.78 is 0.279. The molecule has 0 unspecified atom stereocenters. The summed E-state index contributed by atoms with van der Waals surface area (Å²) >= 11 is 0. The Bertz CT molecular complexity index is 221. The van der Waals surface area contributed by atoms with Crippen molar-refractivity contribution in [1.29, 1.82) is 0 Å². The first-order valence-electron chi connectivity index (χ1n) is 3.52. The fraction of sp³-hybridized carbons (Fsp3) is 0.250. The molecule has 1 aromatic rings. The van der Waals surface area contributed by atoms with Gasteiger partial charge in [-0.25, -0.2) is 5.59 Å². The van der Waals surface area contributed by atoms with Gasteiger partial charge in [-0.3, -0.25) is 0 Å². The van der Waals surface area contributed by atoms with E-state index in [0.29, 0.717) is 0 Å². The third-order valence-corrected chi connectivity index (χ3v) is 1.69. The van der Waals surface area contributed by atoms with Crippen LogP contribution < -0.4 is 10.2 Å². The van der Waals surface area contributed by atoms with E-state index in [4.69, 9.17) is 0 Å². The van der Waals surface area contributed by atoms with Crippen molar-refractivity contribution in [3.63, 3.8) is 0 Å². The highest BCUT2D eigenvalue weighted by Gasteiger charge is 2.16. The maximum atomic E-state index is 10.6. The monoisotopic (exact) mass is 153 g/mol. The molecule has 1 rings (SSSR count). The third-order valence-electron chi connectivity index (χ3n) is 1.69. The smallest absolute Gasteiger partial charge is 0.180 e. The van der Waals surface area contributed by atoms with Crippen LogP contribution in [-0.2, 0) is 0 Å². The average molecular weight is 153 g/mol. The minimum atomic E-state index is 0.279. The van der Waals surface area contributed by atoms with Gasteiger partial charge >= 0.3 is 0 Å². The SMILES string of the molecule is C[N+](C)([NH2+][O-])c1ccccc1. The first-order valence-corrected chi connectivity index (χ1v) is 3.52. The second-order valence-corrected chi connectivity index (χ2v) is 2.98. The van der Waals surface area contributed by atoms with Crippen molar-refractivity contribution in [3.05, 3.63) is 35.5 Å². The van der Waals surface area contributed by atoms with Crippen LogP contribution in [0.5, 0.6) is 0 Å². The molecule has 0 bridgehead atoms. The normalized spacial score (nSPS) is 11.5. The van der Waals surface area contributed by atoms with Crippen molar-refractivity contribution in [2.24, 2.45) is 0 Å². The Balaban J connectivity index is 2.93. The number of quaternary nitrogens is 2. The summed E-state index contributed by atoms with van der Waals surface area (Å²) in [7, 11) is 3.70. The Morgan fingerprint density at radius 3 is 2.18 bits per heavy atom. The summed E-state index contributed by atoms with van der Waals surface area (Å²) in [6.45, 7) is 0. The molecule has 0 aromatic heterocycles. The number of nitrogens with two attached hydrogens (primary N) is 1. The number of rotatable bonds is 2. The fourth-order valence-corrected chi connectivity index (χ4v) is 0.873. The first kappa shape index (κ1) is 8.20. The molecule has 0 fully saturated rings. The second kappa shape index (κ2) is 3.00. The van der Waals surface area contributed by atoms with Crippen LogP contribution in [0.15, 0.2) is 30.3 Å². The molecule has 0 radical (unpaired) electrons. The number of para-hydroxylation sites is 1. The molecule has 0 spiro atoms. The standard InChI is InChI=1S/C8H13N2O/c1-10(2,9-11)8-6-4-3-5-7-8/h3-7H,9H2,1-2H3/q+1. The highest BCUT2D eigenvalue weighted by Crippen LogP contribution is 2.11. The van der Waals surface area contributed by atoms with Crippen LogP contribution in [0.25, 0.3) is 0 Å². The molecule has 0 aliphatic carbocycles. The lowest BCUT2D eigenvalue weighted by Crippen LogP contribution is -2.98. The van der Waals surface area contributed by atoms with Crippen molar-refractivity contribution in [2.75, 3.05) is 14.1 Å². The number of hydrogen-bond acceptors (Lipinski definition) is 1. The van der Waals surface area contributed by atoms with Crippen LogP contribution in [0, 0.1) is 5.21 Å². The van der Waals surface area contributed by atoms with E-state index in [2.05, 4.69) is 0 Å². The van der Waals surface area contributed by atoms with Gasteiger partial charge in [-0.15, -0.1) is 4.59 Å². The van der Waals surface area contributed by atoms with Crippen LogP contribution in [0.1, 0.15) is 0 Å². The molecular weight excluding hydrogens is 140 g/mol. The Kier molecular flexibility index (Phi) is 2.24. The summed E-state index contributed by atoms with van der Waals surface area (Å²) in [5, 5.41) is 10.6. The van der Waals surface area contributed by atoms with Gasteiger partial charge in [0, 0.05) is 12.1 Å². The third kappa shape index (κ3) is 1.77. The second-order valence-electron chi connectivity index (χ2n) is 2.98. The number of benzene rings is 1. The molecule has 3 nitrogen and oxygen atoms in total.